The second-order valence-electron chi connectivity index (χ2n) is 5.08. The fraction of sp³-hybridized carbons (Fsp3) is 1.00. The number of ether oxygens (including phenoxy) is 1. The Labute approximate surface area is 103 Å². The van der Waals surface area contributed by atoms with Gasteiger partial charge in [-0.2, -0.15) is 11.8 Å². The molecule has 0 aromatic heterocycles. The van der Waals surface area contributed by atoms with Crippen LogP contribution in [0.3, 0.4) is 0 Å². The van der Waals surface area contributed by atoms with E-state index in [4.69, 9.17) is 10.6 Å². The van der Waals surface area contributed by atoms with Crippen LogP contribution < -0.4 is 11.3 Å². The quantitative estimate of drug-likeness (QED) is 0.588. The van der Waals surface area contributed by atoms with E-state index < -0.39 is 0 Å². The predicted octanol–water partition coefficient (Wildman–Crippen LogP) is 1.92. The van der Waals surface area contributed by atoms with E-state index in [-0.39, 0.29) is 5.60 Å². The molecule has 4 heteroatoms. The summed E-state index contributed by atoms with van der Waals surface area (Å²) in [7, 11) is 0. The van der Waals surface area contributed by atoms with Crippen molar-refractivity contribution in [3.8, 4) is 0 Å². The molecular formula is C12H24N2OS. The van der Waals surface area contributed by atoms with E-state index in [1.165, 1.54) is 30.8 Å². The SMILES string of the molecule is CCC(NN)C1CCOC2(CCSCC2)C1. The first kappa shape index (κ1) is 12.7. The highest BCUT2D eigenvalue weighted by Crippen LogP contribution is 2.40. The number of rotatable bonds is 3. The zero-order valence-electron chi connectivity index (χ0n) is 10.2. The van der Waals surface area contributed by atoms with Crippen molar-refractivity contribution in [1.29, 1.82) is 0 Å². The average Bonchev–Trinajstić information content (AvgIpc) is 2.32. The van der Waals surface area contributed by atoms with E-state index in [2.05, 4.69) is 24.1 Å². The Balaban J connectivity index is 1.97. The van der Waals surface area contributed by atoms with Gasteiger partial charge in [0.1, 0.15) is 0 Å². The van der Waals surface area contributed by atoms with Crippen molar-refractivity contribution in [1.82, 2.24) is 5.43 Å². The van der Waals surface area contributed by atoms with E-state index in [1.807, 2.05) is 0 Å². The first-order chi connectivity index (χ1) is 7.79. The molecule has 2 rings (SSSR count). The minimum atomic E-state index is 0.193. The van der Waals surface area contributed by atoms with Crippen LogP contribution in [0.15, 0.2) is 0 Å². The van der Waals surface area contributed by atoms with Crippen molar-refractivity contribution in [2.45, 2.75) is 50.7 Å². The Morgan fingerprint density at radius 1 is 1.50 bits per heavy atom. The van der Waals surface area contributed by atoms with Gasteiger partial charge in [0.2, 0.25) is 0 Å². The molecule has 3 nitrogen and oxygen atoms in total. The summed E-state index contributed by atoms with van der Waals surface area (Å²) in [5.74, 6) is 8.86. The van der Waals surface area contributed by atoms with Gasteiger partial charge in [-0.25, -0.2) is 0 Å². The summed E-state index contributed by atoms with van der Waals surface area (Å²) >= 11 is 2.06. The number of hydrogen-bond acceptors (Lipinski definition) is 4. The Morgan fingerprint density at radius 3 is 2.88 bits per heavy atom. The van der Waals surface area contributed by atoms with Crippen LogP contribution in [-0.2, 0) is 4.74 Å². The van der Waals surface area contributed by atoms with E-state index in [0.717, 1.165) is 19.4 Å². The van der Waals surface area contributed by atoms with Crippen molar-refractivity contribution >= 4 is 11.8 Å². The molecule has 16 heavy (non-hydrogen) atoms. The van der Waals surface area contributed by atoms with Gasteiger partial charge in [-0.15, -0.1) is 0 Å². The second kappa shape index (κ2) is 5.71. The maximum Gasteiger partial charge on any atom is 0.0701 e. The zero-order chi connectivity index (χ0) is 11.4. The molecule has 3 N–H and O–H groups in total. The lowest BCUT2D eigenvalue weighted by atomic mass is 9.78. The fourth-order valence-corrected chi connectivity index (χ4v) is 4.33. The van der Waals surface area contributed by atoms with E-state index in [1.54, 1.807) is 0 Å². The van der Waals surface area contributed by atoms with Gasteiger partial charge in [0.25, 0.3) is 0 Å². The molecule has 2 aliphatic heterocycles. The number of nitrogens with one attached hydrogen (secondary N) is 1. The van der Waals surface area contributed by atoms with Crippen LogP contribution in [0.4, 0.5) is 0 Å². The predicted molar refractivity (Wildman–Crippen MR) is 69.4 cm³/mol. The number of nitrogens with two attached hydrogens (primary N) is 1. The molecular weight excluding hydrogens is 220 g/mol. The molecule has 2 unspecified atom stereocenters. The number of thioether (sulfide) groups is 1. The van der Waals surface area contributed by atoms with Crippen LogP contribution in [0, 0.1) is 5.92 Å². The molecule has 94 valence electrons. The second-order valence-corrected chi connectivity index (χ2v) is 6.30. The molecule has 0 aromatic rings. The summed E-state index contributed by atoms with van der Waals surface area (Å²) < 4.78 is 6.09. The maximum atomic E-state index is 6.09. The van der Waals surface area contributed by atoms with Gasteiger partial charge in [0.05, 0.1) is 5.60 Å². The lowest BCUT2D eigenvalue weighted by Crippen LogP contribution is -2.49. The molecule has 2 aliphatic rings. The van der Waals surface area contributed by atoms with Gasteiger partial charge in [-0.05, 0) is 49.5 Å². The first-order valence-corrected chi connectivity index (χ1v) is 7.63. The molecule has 0 aliphatic carbocycles. The Kier molecular flexibility index (Phi) is 4.53. The van der Waals surface area contributed by atoms with Crippen molar-refractivity contribution in [2.75, 3.05) is 18.1 Å². The molecule has 1 spiro atoms. The summed E-state index contributed by atoms with van der Waals surface area (Å²) in [4.78, 5) is 0. The summed E-state index contributed by atoms with van der Waals surface area (Å²) in [6.45, 7) is 3.14. The Morgan fingerprint density at radius 2 is 2.25 bits per heavy atom. The summed E-state index contributed by atoms with van der Waals surface area (Å²) in [5, 5.41) is 0. The molecule has 2 saturated heterocycles. The minimum Gasteiger partial charge on any atom is -0.375 e. The highest BCUT2D eigenvalue weighted by Gasteiger charge is 2.40. The summed E-state index contributed by atoms with van der Waals surface area (Å²) in [5.41, 5.74) is 3.18. The average molecular weight is 244 g/mol. The third-order valence-electron chi connectivity index (χ3n) is 4.16. The van der Waals surface area contributed by atoms with Crippen molar-refractivity contribution in [2.24, 2.45) is 11.8 Å². The van der Waals surface area contributed by atoms with Crippen molar-refractivity contribution in [3.05, 3.63) is 0 Å². The smallest absolute Gasteiger partial charge is 0.0701 e. The lowest BCUT2D eigenvalue weighted by molar-refractivity contribution is -0.107. The molecule has 0 aromatic carbocycles. The summed E-state index contributed by atoms with van der Waals surface area (Å²) in [6, 6.07) is 0.468. The molecule has 2 heterocycles. The first-order valence-electron chi connectivity index (χ1n) is 6.47. The molecule has 0 saturated carbocycles. The van der Waals surface area contributed by atoms with Gasteiger partial charge in [0.15, 0.2) is 0 Å². The third kappa shape index (κ3) is 2.73. The zero-order valence-corrected chi connectivity index (χ0v) is 11.0. The topological polar surface area (TPSA) is 47.3 Å². The van der Waals surface area contributed by atoms with E-state index in [0.29, 0.717) is 12.0 Å². The van der Waals surface area contributed by atoms with E-state index in [9.17, 15) is 0 Å². The van der Waals surface area contributed by atoms with Crippen LogP contribution in [0.25, 0.3) is 0 Å². The Bertz CT molecular complexity index is 210. The van der Waals surface area contributed by atoms with Gasteiger partial charge < -0.3 is 4.74 Å². The van der Waals surface area contributed by atoms with Gasteiger partial charge in [-0.3, -0.25) is 11.3 Å². The number of hydrazine groups is 1. The molecule has 0 amide bonds. The molecule has 0 radical (unpaired) electrons. The van der Waals surface area contributed by atoms with Crippen LogP contribution in [0.1, 0.15) is 39.0 Å². The normalized spacial score (nSPS) is 31.5. The van der Waals surface area contributed by atoms with Crippen LogP contribution in [0.5, 0.6) is 0 Å². The highest BCUT2D eigenvalue weighted by molar-refractivity contribution is 7.99. The van der Waals surface area contributed by atoms with Gasteiger partial charge in [-0.1, -0.05) is 6.92 Å². The van der Waals surface area contributed by atoms with Crippen LogP contribution in [0.2, 0.25) is 0 Å². The number of hydrogen-bond donors (Lipinski definition) is 2. The molecule has 0 bridgehead atoms. The lowest BCUT2D eigenvalue weighted by Gasteiger charge is -2.45. The van der Waals surface area contributed by atoms with Crippen LogP contribution >= 0.6 is 11.8 Å². The molecule has 2 fully saturated rings. The monoisotopic (exact) mass is 244 g/mol. The standard InChI is InChI=1S/C12H24N2OS/c1-2-11(14-13)10-3-6-15-12(9-10)4-7-16-8-5-12/h10-11,14H,2-9,13H2,1H3. The van der Waals surface area contributed by atoms with Crippen molar-refractivity contribution in [3.63, 3.8) is 0 Å². The third-order valence-corrected chi connectivity index (χ3v) is 5.14. The Hall–Kier alpha value is 0.230. The fourth-order valence-electron chi connectivity index (χ4n) is 3.09. The molecule has 2 atom stereocenters. The maximum absolute atomic E-state index is 6.09. The summed E-state index contributed by atoms with van der Waals surface area (Å²) in [6.07, 6.45) is 5.95. The van der Waals surface area contributed by atoms with E-state index >= 15 is 0 Å². The minimum absolute atomic E-state index is 0.193. The largest absolute Gasteiger partial charge is 0.375 e. The van der Waals surface area contributed by atoms with Gasteiger partial charge >= 0.3 is 0 Å². The highest BCUT2D eigenvalue weighted by atomic mass is 32.2. The van der Waals surface area contributed by atoms with Crippen molar-refractivity contribution < 1.29 is 4.74 Å². The van der Waals surface area contributed by atoms with Crippen LogP contribution in [-0.4, -0.2) is 29.8 Å². The van der Waals surface area contributed by atoms with Gasteiger partial charge in [0, 0.05) is 12.6 Å².